The Morgan fingerprint density at radius 1 is 1.04 bits per heavy atom. The molecule has 3 rings (SSSR count). The lowest BCUT2D eigenvalue weighted by Crippen LogP contribution is -2.42. The number of nitrogens with one attached hydrogen (secondary N) is 1. The normalized spacial score (nSPS) is 12.8. The fraction of sp³-hybridized carbons (Fsp3) is 0.333. The Morgan fingerprint density at radius 3 is 2.29 bits per heavy atom. The van der Waals surface area contributed by atoms with Gasteiger partial charge in [-0.25, -0.2) is 0 Å². The van der Waals surface area contributed by atoms with Crippen molar-refractivity contribution in [3.63, 3.8) is 0 Å². The second kappa shape index (κ2) is 8.65. The topological polar surface area (TPSA) is 77.1 Å². The molecule has 2 aromatic carbocycles. The van der Waals surface area contributed by atoms with Crippen molar-refractivity contribution in [2.45, 2.75) is 19.9 Å². The van der Waals surface area contributed by atoms with Gasteiger partial charge in [0.05, 0.1) is 20.8 Å². The molecule has 7 heteroatoms. The Hall–Kier alpha value is -3.22. The molecule has 28 heavy (non-hydrogen) atoms. The summed E-state index contributed by atoms with van der Waals surface area (Å²) in [6, 6.07) is 10.7. The third-order valence-corrected chi connectivity index (χ3v) is 4.62. The summed E-state index contributed by atoms with van der Waals surface area (Å²) in [6.45, 7) is 3.29. The highest BCUT2D eigenvalue weighted by atomic mass is 16.5. The summed E-state index contributed by atoms with van der Waals surface area (Å²) in [6.07, 6.45) is 0.651. The monoisotopic (exact) mass is 384 g/mol. The van der Waals surface area contributed by atoms with Gasteiger partial charge >= 0.3 is 11.8 Å². The molecule has 148 valence electrons. The Labute approximate surface area is 164 Å². The van der Waals surface area contributed by atoms with Crippen molar-refractivity contribution in [1.29, 1.82) is 0 Å². The van der Waals surface area contributed by atoms with Crippen LogP contribution in [0.4, 0.5) is 5.69 Å². The largest absolute Gasteiger partial charge is 0.494 e. The molecule has 0 unspecified atom stereocenters. The smallest absolute Gasteiger partial charge is 0.313 e. The summed E-state index contributed by atoms with van der Waals surface area (Å²) in [7, 11) is 3.16. The molecule has 0 aromatic heterocycles. The predicted octanol–water partition coefficient (Wildman–Crippen LogP) is 2.63. The maximum absolute atomic E-state index is 12.6. The van der Waals surface area contributed by atoms with Gasteiger partial charge in [0, 0.05) is 18.8 Å². The molecule has 7 nitrogen and oxygen atoms in total. The SMILES string of the molecule is CCOc1ccc(NC(=O)C(=O)N2CCc3cc(OC)c(OC)cc3C2)cc1. The van der Waals surface area contributed by atoms with Gasteiger partial charge in [0.1, 0.15) is 5.75 Å². The Kier molecular flexibility index (Phi) is 6.03. The molecule has 0 atom stereocenters. The highest BCUT2D eigenvalue weighted by Crippen LogP contribution is 2.33. The van der Waals surface area contributed by atoms with Crippen molar-refractivity contribution in [3.05, 3.63) is 47.5 Å². The molecule has 2 aromatic rings. The number of benzene rings is 2. The number of hydrogen-bond acceptors (Lipinski definition) is 5. The maximum Gasteiger partial charge on any atom is 0.313 e. The molecular formula is C21H24N2O5. The molecule has 1 aliphatic rings. The van der Waals surface area contributed by atoms with Crippen LogP contribution in [0.5, 0.6) is 17.2 Å². The van der Waals surface area contributed by atoms with Crippen LogP contribution in [0.1, 0.15) is 18.1 Å². The summed E-state index contributed by atoms with van der Waals surface area (Å²) < 4.78 is 16.0. The van der Waals surface area contributed by atoms with E-state index in [9.17, 15) is 9.59 Å². The number of anilines is 1. The van der Waals surface area contributed by atoms with E-state index in [0.29, 0.717) is 49.1 Å². The van der Waals surface area contributed by atoms with Crippen LogP contribution in [0.2, 0.25) is 0 Å². The molecule has 1 N–H and O–H groups in total. The van der Waals surface area contributed by atoms with Gasteiger partial charge in [-0.15, -0.1) is 0 Å². The van der Waals surface area contributed by atoms with E-state index in [0.717, 1.165) is 11.1 Å². The molecule has 0 saturated carbocycles. The van der Waals surface area contributed by atoms with Gasteiger partial charge in [-0.05, 0) is 60.9 Å². The van der Waals surface area contributed by atoms with Crippen LogP contribution in [-0.2, 0) is 22.6 Å². The Balaban J connectivity index is 1.67. The first-order valence-corrected chi connectivity index (χ1v) is 9.12. The number of carbonyl (C=O) groups is 2. The van der Waals surface area contributed by atoms with Crippen molar-refractivity contribution in [1.82, 2.24) is 4.90 Å². The highest BCUT2D eigenvalue weighted by molar-refractivity contribution is 6.39. The number of amides is 2. The first-order chi connectivity index (χ1) is 13.5. The zero-order chi connectivity index (χ0) is 20.1. The third-order valence-electron chi connectivity index (χ3n) is 4.62. The number of rotatable bonds is 5. The number of hydrogen-bond donors (Lipinski definition) is 1. The van der Waals surface area contributed by atoms with Crippen molar-refractivity contribution in [3.8, 4) is 17.2 Å². The molecule has 1 heterocycles. The summed E-state index contributed by atoms with van der Waals surface area (Å²) in [5.74, 6) is 0.759. The van der Waals surface area contributed by atoms with Crippen LogP contribution in [0, 0.1) is 0 Å². The molecule has 0 fully saturated rings. The lowest BCUT2D eigenvalue weighted by molar-refractivity contribution is -0.143. The fourth-order valence-electron chi connectivity index (χ4n) is 3.19. The van der Waals surface area contributed by atoms with Crippen molar-refractivity contribution in [2.75, 3.05) is 32.7 Å². The van der Waals surface area contributed by atoms with Gasteiger partial charge in [0.15, 0.2) is 11.5 Å². The van der Waals surface area contributed by atoms with Crippen LogP contribution in [0.25, 0.3) is 0 Å². The summed E-state index contributed by atoms with van der Waals surface area (Å²) in [5.41, 5.74) is 2.59. The Morgan fingerprint density at radius 2 is 1.68 bits per heavy atom. The predicted molar refractivity (Wildman–Crippen MR) is 105 cm³/mol. The van der Waals surface area contributed by atoms with Crippen LogP contribution in [0.15, 0.2) is 36.4 Å². The maximum atomic E-state index is 12.6. The highest BCUT2D eigenvalue weighted by Gasteiger charge is 2.27. The second-order valence-corrected chi connectivity index (χ2v) is 6.36. The average Bonchev–Trinajstić information content (AvgIpc) is 2.73. The first kappa shape index (κ1) is 19.5. The van der Waals surface area contributed by atoms with Crippen LogP contribution in [-0.4, -0.2) is 44.1 Å². The Bertz CT molecular complexity index is 864. The van der Waals surface area contributed by atoms with E-state index in [1.54, 1.807) is 38.5 Å². The van der Waals surface area contributed by atoms with E-state index in [2.05, 4.69) is 5.32 Å². The summed E-state index contributed by atoms with van der Waals surface area (Å²) >= 11 is 0. The molecule has 1 aliphatic heterocycles. The number of nitrogens with zero attached hydrogens (tertiary/aromatic N) is 1. The van der Waals surface area contributed by atoms with Gasteiger partial charge in [0.25, 0.3) is 0 Å². The van der Waals surface area contributed by atoms with Gasteiger partial charge in [0.2, 0.25) is 0 Å². The minimum absolute atomic E-state index is 0.352. The van der Waals surface area contributed by atoms with Gasteiger partial charge in [-0.3, -0.25) is 9.59 Å². The van der Waals surface area contributed by atoms with Crippen molar-refractivity contribution in [2.24, 2.45) is 0 Å². The molecule has 0 radical (unpaired) electrons. The molecule has 0 aliphatic carbocycles. The lowest BCUT2D eigenvalue weighted by Gasteiger charge is -2.29. The van der Waals surface area contributed by atoms with Crippen molar-refractivity contribution < 1.29 is 23.8 Å². The fourth-order valence-corrected chi connectivity index (χ4v) is 3.19. The van der Waals surface area contributed by atoms with E-state index < -0.39 is 11.8 Å². The zero-order valence-electron chi connectivity index (χ0n) is 16.3. The number of methoxy groups -OCH3 is 2. The molecule has 2 amide bonds. The van der Waals surface area contributed by atoms with E-state index in [1.165, 1.54) is 4.90 Å². The lowest BCUT2D eigenvalue weighted by atomic mass is 9.98. The molecule has 0 saturated heterocycles. The quantitative estimate of drug-likeness (QED) is 0.802. The van der Waals surface area contributed by atoms with Gasteiger partial charge in [-0.2, -0.15) is 0 Å². The average molecular weight is 384 g/mol. The second-order valence-electron chi connectivity index (χ2n) is 6.36. The molecule has 0 bridgehead atoms. The number of ether oxygens (including phenoxy) is 3. The standard InChI is InChI=1S/C21H24N2O5/c1-4-28-17-7-5-16(6-8-17)22-20(24)21(25)23-10-9-14-11-18(26-2)19(27-3)12-15(14)13-23/h5-8,11-12H,4,9-10,13H2,1-3H3,(H,22,24). The van der Waals surface area contributed by atoms with E-state index >= 15 is 0 Å². The van der Waals surface area contributed by atoms with Crippen LogP contribution in [0.3, 0.4) is 0 Å². The third kappa shape index (κ3) is 4.19. The first-order valence-electron chi connectivity index (χ1n) is 9.12. The number of fused-ring (bicyclic) bond motifs is 1. The van der Waals surface area contributed by atoms with E-state index in [4.69, 9.17) is 14.2 Å². The number of carbonyl (C=O) groups excluding carboxylic acids is 2. The minimum atomic E-state index is -0.659. The van der Waals surface area contributed by atoms with E-state index in [-0.39, 0.29) is 0 Å². The summed E-state index contributed by atoms with van der Waals surface area (Å²) in [5, 5.41) is 2.64. The van der Waals surface area contributed by atoms with Gasteiger partial charge in [-0.1, -0.05) is 0 Å². The minimum Gasteiger partial charge on any atom is -0.494 e. The van der Waals surface area contributed by atoms with E-state index in [1.807, 2.05) is 19.1 Å². The van der Waals surface area contributed by atoms with Crippen LogP contribution < -0.4 is 19.5 Å². The van der Waals surface area contributed by atoms with Crippen LogP contribution >= 0.6 is 0 Å². The van der Waals surface area contributed by atoms with Crippen molar-refractivity contribution >= 4 is 17.5 Å². The zero-order valence-corrected chi connectivity index (χ0v) is 16.3. The van der Waals surface area contributed by atoms with Gasteiger partial charge < -0.3 is 24.4 Å². The molecular weight excluding hydrogens is 360 g/mol. The summed E-state index contributed by atoms with van der Waals surface area (Å²) in [4.78, 5) is 26.5. The molecule has 0 spiro atoms.